The van der Waals surface area contributed by atoms with E-state index in [1.54, 1.807) is 0 Å². The van der Waals surface area contributed by atoms with Crippen LogP contribution in [0.1, 0.15) is 79.1 Å². The van der Waals surface area contributed by atoms with E-state index in [0.717, 1.165) is 17.9 Å². The van der Waals surface area contributed by atoms with E-state index in [9.17, 15) is 0 Å². The fourth-order valence-corrected chi connectivity index (χ4v) is 4.17. The molecule has 20 heavy (non-hydrogen) atoms. The van der Waals surface area contributed by atoms with Crippen molar-refractivity contribution in [3.63, 3.8) is 0 Å². The highest BCUT2D eigenvalue weighted by Gasteiger charge is 2.36. The molecule has 0 amide bonds. The van der Waals surface area contributed by atoms with Gasteiger partial charge < -0.3 is 10.1 Å². The van der Waals surface area contributed by atoms with Crippen molar-refractivity contribution in [2.45, 2.75) is 96.8 Å². The minimum absolute atomic E-state index is 0.121. The van der Waals surface area contributed by atoms with Crippen molar-refractivity contribution in [2.75, 3.05) is 6.54 Å². The molecule has 2 heteroatoms. The van der Waals surface area contributed by atoms with E-state index in [1.165, 1.54) is 57.9 Å². The zero-order valence-corrected chi connectivity index (χ0v) is 14.1. The molecule has 0 bridgehead atoms. The smallest absolute Gasteiger partial charge is 0.0631 e. The Morgan fingerprint density at radius 3 is 2.55 bits per heavy atom. The molecule has 2 rings (SSSR count). The molecule has 4 unspecified atom stereocenters. The number of hydrogen-bond acceptors (Lipinski definition) is 2. The molecule has 1 aliphatic heterocycles. The summed E-state index contributed by atoms with van der Waals surface area (Å²) in [5.74, 6) is 1.79. The second-order valence-electron chi connectivity index (χ2n) is 7.68. The van der Waals surface area contributed by atoms with Crippen molar-refractivity contribution in [1.82, 2.24) is 5.32 Å². The van der Waals surface area contributed by atoms with Crippen molar-refractivity contribution in [1.29, 1.82) is 0 Å². The largest absolute Gasteiger partial charge is 0.372 e. The molecule has 1 saturated carbocycles. The minimum atomic E-state index is 0.121. The van der Waals surface area contributed by atoms with Gasteiger partial charge in [-0.25, -0.2) is 0 Å². The first-order chi connectivity index (χ1) is 9.54. The minimum Gasteiger partial charge on any atom is -0.372 e. The molecule has 0 aromatic rings. The predicted molar refractivity (Wildman–Crippen MR) is 86.0 cm³/mol. The quantitative estimate of drug-likeness (QED) is 0.772. The Bertz CT molecular complexity index is 289. The van der Waals surface area contributed by atoms with E-state index in [0.29, 0.717) is 6.10 Å². The van der Waals surface area contributed by atoms with Gasteiger partial charge in [-0.05, 0) is 77.2 Å². The second kappa shape index (κ2) is 7.26. The maximum atomic E-state index is 6.25. The van der Waals surface area contributed by atoms with Crippen LogP contribution in [0.15, 0.2) is 0 Å². The molecule has 1 N–H and O–H groups in total. The van der Waals surface area contributed by atoms with Crippen LogP contribution in [0.2, 0.25) is 0 Å². The lowest BCUT2D eigenvalue weighted by Gasteiger charge is -2.38. The van der Waals surface area contributed by atoms with Gasteiger partial charge in [0.1, 0.15) is 0 Å². The van der Waals surface area contributed by atoms with Gasteiger partial charge in [0.25, 0.3) is 0 Å². The van der Waals surface area contributed by atoms with E-state index in [2.05, 4.69) is 33.0 Å². The van der Waals surface area contributed by atoms with Crippen LogP contribution in [-0.4, -0.2) is 24.3 Å². The van der Waals surface area contributed by atoms with Gasteiger partial charge in [0.15, 0.2) is 0 Å². The highest BCUT2D eigenvalue weighted by molar-refractivity contribution is 4.89. The van der Waals surface area contributed by atoms with E-state index in [-0.39, 0.29) is 5.60 Å². The molecule has 2 nitrogen and oxygen atoms in total. The molecule has 0 aromatic carbocycles. The third-order valence-electron chi connectivity index (χ3n) is 5.44. The van der Waals surface area contributed by atoms with Gasteiger partial charge in [-0.1, -0.05) is 20.3 Å². The average molecular weight is 281 g/mol. The summed E-state index contributed by atoms with van der Waals surface area (Å²) in [5.41, 5.74) is 0.121. The lowest BCUT2D eigenvalue weighted by atomic mass is 9.74. The molecule has 1 heterocycles. The monoisotopic (exact) mass is 281 g/mol. The molecule has 2 fully saturated rings. The first kappa shape index (κ1) is 16.3. The zero-order valence-electron chi connectivity index (χ0n) is 14.1. The van der Waals surface area contributed by atoms with Gasteiger partial charge in [-0.2, -0.15) is 0 Å². The van der Waals surface area contributed by atoms with Crippen LogP contribution in [0.4, 0.5) is 0 Å². The second-order valence-corrected chi connectivity index (χ2v) is 7.68. The molecular weight excluding hydrogens is 246 g/mol. The molecule has 118 valence electrons. The topological polar surface area (TPSA) is 21.3 Å². The summed E-state index contributed by atoms with van der Waals surface area (Å²) in [6.45, 7) is 10.3. The molecule has 0 aromatic heterocycles. The SMILES string of the molecule is CCCNC1CCC(CC)CC1CC1CCC(C)(C)O1. The summed E-state index contributed by atoms with van der Waals surface area (Å²) in [6.07, 6.45) is 11.1. The Morgan fingerprint density at radius 2 is 1.95 bits per heavy atom. The van der Waals surface area contributed by atoms with Crippen LogP contribution in [0.25, 0.3) is 0 Å². The number of hydrogen-bond donors (Lipinski definition) is 1. The number of rotatable bonds is 6. The fourth-order valence-electron chi connectivity index (χ4n) is 4.17. The van der Waals surface area contributed by atoms with Gasteiger partial charge in [0.2, 0.25) is 0 Å². The zero-order chi connectivity index (χ0) is 14.6. The van der Waals surface area contributed by atoms with Gasteiger partial charge >= 0.3 is 0 Å². The summed E-state index contributed by atoms with van der Waals surface area (Å²) >= 11 is 0. The van der Waals surface area contributed by atoms with Crippen molar-refractivity contribution < 1.29 is 4.74 Å². The number of ether oxygens (including phenoxy) is 1. The molecule has 0 radical (unpaired) electrons. The first-order valence-electron chi connectivity index (χ1n) is 8.95. The Labute approximate surface area is 126 Å². The van der Waals surface area contributed by atoms with Crippen molar-refractivity contribution >= 4 is 0 Å². The molecule has 1 aliphatic carbocycles. The van der Waals surface area contributed by atoms with Crippen LogP contribution in [0.5, 0.6) is 0 Å². The lowest BCUT2D eigenvalue weighted by molar-refractivity contribution is -0.0305. The summed E-state index contributed by atoms with van der Waals surface area (Å²) in [6, 6.07) is 0.741. The van der Waals surface area contributed by atoms with Crippen LogP contribution < -0.4 is 5.32 Å². The average Bonchev–Trinajstić information content (AvgIpc) is 2.76. The standard InChI is InChI=1S/C18H35NO/c1-5-11-19-17-8-7-14(6-2)12-15(17)13-16-9-10-18(3,4)20-16/h14-17,19H,5-13H2,1-4H3. The van der Waals surface area contributed by atoms with Gasteiger partial charge in [0.05, 0.1) is 11.7 Å². The van der Waals surface area contributed by atoms with Crippen molar-refractivity contribution in [2.24, 2.45) is 11.8 Å². The lowest BCUT2D eigenvalue weighted by Crippen LogP contribution is -2.42. The normalized spacial score (nSPS) is 37.2. The van der Waals surface area contributed by atoms with Crippen LogP contribution in [0.3, 0.4) is 0 Å². The summed E-state index contributed by atoms with van der Waals surface area (Å²) in [7, 11) is 0. The maximum Gasteiger partial charge on any atom is 0.0631 e. The Morgan fingerprint density at radius 1 is 1.15 bits per heavy atom. The first-order valence-corrected chi connectivity index (χ1v) is 8.95. The van der Waals surface area contributed by atoms with Gasteiger partial charge in [0, 0.05) is 6.04 Å². The van der Waals surface area contributed by atoms with Gasteiger partial charge in [-0.3, -0.25) is 0 Å². The van der Waals surface area contributed by atoms with E-state index in [1.807, 2.05) is 0 Å². The van der Waals surface area contributed by atoms with Crippen LogP contribution in [0, 0.1) is 11.8 Å². The molecule has 2 aliphatic rings. The van der Waals surface area contributed by atoms with Crippen LogP contribution in [-0.2, 0) is 4.74 Å². The summed E-state index contributed by atoms with van der Waals surface area (Å²) in [4.78, 5) is 0. The Balaban J connectivity index is 1.89. The predicted octanol–water partition coefficient (Wildman–Crippen LogP) is 4.53. The molecule has 4 atom stereocenters. The van der Waals surface area contributed by atoms with Gasteiger partial charge in [-0.15, -0.1) is 0 Å². The highest BCUT2D eigenvalue weighted by Crippen LogP contribution is 2.38. The van der Waals surface area contributed by atoms with Crippen LogP contribution >= 0.6 is 0 Å². The highest BCUT2D eigenvalue weighted by atomic mass is 16.5. The maximum absolute atomic E-state index is 6.25. The fraction of sp³-hybridized carbons (Fsp3) is 1.00. The summed E-state index contributed by atoms with van der Waals surface area (Å²) < 4.78 is 6.25. The van der Waals surface area contributed by atoms with Crippen molar-refractivity contribution in [3.8, 4) is 0 Å². The van der Waals surface area contributed by atoms with E-state index in [4.69, 9.17) is 4.74 Å². The molecule has 0 spiro atoms. The third kappa shape index (κ3) is 4.46. The van der Waals surface area contributed by atoms with E-state index < -0.39 is 0 Å². The van der Waals surface area contributed by atoms with E-state index >= 15 is 0 Å². The Hall–Kier alpha value is -0.0800. The third-order valence-corrected chi connectivity index (χ3v) is 5.44. The summed E-state index contributed by atoms with van der Waals surface area (Å²) in [5, 5.41) is 3.81. The molecule has 1 saturated heterocycles. The van der Waals surface area contributed by atoms with Crippen molar-refractivity contribution in [3.05, 3.63) is 0 Å². The molecular formula is C18H35NO. The number of nitrogens with one attached hydrogen (secondary N) is 1. The Kier molecular flexibility index (Phi) is 5.92.